The maximum atomic E-state index is 11.8. The van der Waals surface area contributed by atoms with Crippen LogP contribution in [0.4, 0.5) is 0 Å². The van der Waals surface area contributed by atoms with Crippen LogP contribution in [-0.2, 0) is 19.8 Å². The predicted octanol–water partition coefficient (Wildman–Crippen LogP) is 5.62. The van der Waals surface area contributed by atoms with Crippen LogP contribution in [0, 0.1) is 0 Å². The van der Waals surface area contributed by atoms with Crippen molar-refractivity contribution in [3.05, 3.63) is 133 Å². The summed E-state index contributed by atoms with van der Waals surface area (Å²) in [5, 5.41) is 11.8. The lowest BCUT2D eigenvalue weighted by Crippen LogP contribution is -2.51. The number of rotatable bonds is 9. The third-order valence-electron chi connectivity index (χ3n) is 6.27. The van der Waals surface area contributed by atoms with Crippen molar-refractivity contribution in [2.24, 2.45) is 0 Å². The number of ether oxygens (including phenoxy) is 3. The highest BCUT2D eigenvalue weighted by atomic mass is 16.8. The Morgan fingerprint density at radius 2 is 1.26 bits per heavy atom. The van der Waals surface area contributed by atoms with Crippen LogP contribution in [0.1, 0.15) is 30.5 Å². The Morgan fingerprint density at radius 1 is 0.824 bits per heavy atom. The molecule has 4 rings (SSSR count). The van der Waals surface area contributed by atoms with E-state index in [1.807, 2.05) is 105 Å². The van der Waals surface area contributed by atoms with Crippen LogP contribution in [0.2, 0.25) is 0 Å². The van der Waals surface area contributed by atoms with Gasteiger partial charge >= 0.3 is 0 Å². The lowest BCUT2D eigenvalue weighted by molar-refractivity contribution is -0.176. The summed E-state index contributed by atoms with van der Waals surface area (Å²) in [6.45, 7) is 11.3. The zero-order valence-electron chi connectivity index (χ0n) is 19.8. The Kier molecular flexibility index (Phi) is 6.87. The highest BCUT2D eigenvalue weighted by molar-refractivity contribution is 5.47. The van der Waals surface area contributed by atoms with Crippen LogP contribution in [0.5, 0.6) is 0 Å². The molecule has 0 aromatic heterocycles. The molecule has 0 radical (unpaired) electrons. The van der Waals surface area contributed by atoms with Crippen molar-refractivity contribution in [2.75, 3.05) is 6.61 Å². The van der Waals surface area contributed by atoms with E-state index < -0.39 is 29.2 Å². The number of aliphatic hydroxyl groups is 1. The molecular weight excluding hydrogens is 424 g/mol. The second kappa shape index (κ2) is 9.69. The van der Waals surface area contributed by atoms with Crippen LogP contribution >= 0.6 is 0 Å². The first-order valence-corrected chi connectivity index (χ1v) is 11.5. The molecule has 1 aliphatic rings. The van der Waals surface area contributed by atoms with Gasteiger partial charge in [-0.05, 0) is 30.5 Å². The van der Waals surface area contributed by atoms with Gasteiger partial charge in [0.15, 0.2) is 5.79 Å². The molecule has 1 unspecified atom stereocenters. The van der Waals surface area contributed by atoms with Crippen molar-refractivity contribution in [3.8, 4) is 0 Å². The van der Waals surface area contributed by atoms with Gasteiger partial charge in [0.2, 0.25) is 0 Å². The van der Waals surface area contributed by atoms with E-state index >= 15 is 0 Å². The van der Waals surface area contributed by atoms with E-state index in [0.29, 0.717) is 0 Å². The van der Waals surface area contributed by atoms with Crippen LogP contribution in [-0.4, -0.2) is 35.3 Å². The van der Waals surface area contributed by atoms with Gasteiger partial charge < -0.3 is 19.3 Å². The molecule has 0 amide bonds. The smallest absolute Gasteiger partial charge is 0.164 e. The molecule has 4 nitrogen and oxygen atoms in total. The molecule has 1 aliphatic heterocycles. The quantitative estimate of drug-likeness (QED) is 0.335. The molecule has 0 saturated carbocycles. The van der Waals surface area contributed by atoms with Gasteiger partial charge in [-0.25, -0.2) is 0 Å². The van der Waals surface area contributed by atoms with Crippen molar-refractivity contribution in [1.29, 1.82) is 0 Å². The Morgan fingerprint density at radius 3 is 1.65 bits per heavy atom. The van der Waals surface area contributed by atoms with Gasteiger partial charge in [-0.2, -0.15) is 0 Å². The average Bonchev–Trinajstić information content (AvgIpc) is 3.21. The minimum atomic E-state index is -1.53. The summed E-state index contributed by atoms with van der Waals surface area (Å²) in [4.78, 5) is 0. The fraction of sp³-hybridized carbons (Fsp3) is 0.267. The predicted molar refractivity (Wildman–Crippen MR) is 134 cm³/mol. The van der Waals surface area contributed by atoms with Crippen LogP contribution in [0.3, 0.4) is 0 Å². The van der Waals surface area contributed by atoms with E-state index in [0.717, 1.165) is 16.7 Å². The van der Waals surface area contributed by atoms with Gasteiger partial charge in [-0.3, -0.25) is 0 Å². The number of hydrogen-bond donors (Lipinski definition) is 1. The Labute approximate surface area is 202 Å². The second-order valence-corrected chi connectivity index (χ2v) is 9.02. The summed E-state index contributed by atoms with van der Waals surface area (Å²) in [6, 6.07) is 30.1. The highest BCUT2D eigenvalue weighted by Crippen LogP contribution is 2.42. The third kappa shape index (κ3) is 4.50. The maximum Gasteiger partial charge on any atom is 0.164 e. The van der Waals surface area contributed by atoms with Crippen molar-refractivity contribution < 1.29 is 19.3 Å². The summed E-state index contributed by atoms with van der Waals surface area (Å²) in [6.07, 6.45) is 1.89. The monoisotopic (exact) mass is 456 g/mol. The summed E-state index contributed by atoms with van der Waals surface area (Å²) in [5.41, 5.74) is 0.337. The zero-order valence-corrected chi connectivity index (χ0v) is 19.8. The van der Waals surface area contributed by atoms with Crippen molar-refractivity contribution in [2.45, 2.75) is 43.0 Å². The Balaban J connectivity index is 1.82. The molecule has 176 valence electrons. The summed E-state index contributed by atoms with van der Waals surface area (Å²) < 4.78 is 18.9. The fourth-order valence-corrected chi connectivity index (χ4v) is 4.60. The van der Waals surface area contributed by atoms with Gasteiger partial charge in [-0.1, -0.05) is 103 Å². The molecule has 1 heterocycles. The van der Waals surface area contributed by atoms with E-state index in [2.05, 4.69) is 13.2 Å². The van der Waals surface area contributed by atoms with Gasteiger partial charge in [0, 0.05) is 0 Å². The molecule has 0 bridgehead atoms. The van der Waals surface area contributed by atoms with Crippen molar-refractivity contribution in [3.63, 3.8) is 0 Å². The van der Waals surface area contributed by atoms with Crippen LogP contribution < -0.4 is 0 Å². The summed E-state index contributed by atoms with van der Waals surface area (Å²) in [5.74, 6) is -0.865. The lowest BCUT2D eigenvalue weighted by Gasteiger charge is -2.40. The minimum absolute atomic E-state index is 0.0797. The fourth-order valence-electron chi connectivity index (χ4n) is 4.60. The van der Waals surface area contributed by atoms with Crippen molar-refractivity contribution >= 4 is 0 Å². The zero-order chi connectivity index (χ0) is 24.2. The molecular formula is C30H32O4. The lowest BCUT2D eigenvalue weighted by atomic mass is 9.79. The SMILES string of the molecule is C=C[C@@H]1OC(C)(C)OC1[C@@](O)(C=C)COC(c1ccccc1)(c1ccccc1)c1ccccc1. The molecule has 34 heavy (non-hydrogen) atoms. The summed E-state index contributed by atoms with van der Waals surface area (Å²) in [7, 11) is 0. The number of benzene rings is 3. The van der Waals surface area contributed by atoms with E-state index in [1.54, 1.807) is 6.08 Å². The van der Waals surface area contributed by atoms with Gasteiger partial charge in [0.25, 0.3) is 0 Å². The molecule has 3 aromatic carbocycles. The maximum absolute atomic E-state index is 11.8. The topological polar surface area (TPSA) is 47.9 Å². The van der Waals surface area contributed by atoms with Gasteiger partial charge in [0.05, 0.1) is 6.61 Å². The Bertz CT molecular complexity index is 998. The van der Waals surface area contributed by atoms with E-state index in [9.17, 15) is 5.11 Å². The van der Waals surface area contributed by atoms with Crippen LogP contribution in [0.15, 0.2) is 116 Å². The molecule has 0 aliphatic carbocycles. The molecule has 1 N–H and O–H groups in total. The van der Waals surface area contributed by atoms with E-state index in [-0.39, 0.29) is 6.61 Å². The average molecular weight is 457 g/mol. The molecule has 4 heteroatoms. The molecule has 1 fully saturated rings. The Hall–Kier alpha value is -3.02. The molecule has 3 atom stereocenters. The second-order valence-electron chi connectivity index (χ2n) is 9.02. The van der Waals surface area contributed by atoms with Crippen molar-refractivity contribution in [1.82, 2.24) is 0 Å². The molecule has 3 aromatic rings. The number of hydrogen-bond acceptors (Lipinski definition) is 4. The molecule has 1 saturated heterocycles. The third-order valence-corrected chi connectivity index (χ3v) is 6.27. The highest BCUT2D eigenvalue weighted by Gasteiger charge is 2.51. The normalized spacial score (nSPS) is 21.5. The largest absolute Gasteiger partial charge is 0.381 e. The molecule has 0 spiro atoms. The summed E-state index contributed by atoms with van der Waals surface area (Å²) >= 11 is 0. The van der Waals surface area contributed by atoms with Gasteiger partial charge in [-0.15, -0.1) is 13.2 Å². The van der Waals surface area contributed by atoms with Crippen LogP contribution in [0.25, 0.3) is 0 Å². The standard InChI is InChI=1S/C30H32O4/c1-5-26-27(34-28(3,4)33-26)29(31,6-2)22-32-30(23-16-10-7-11-17-23,24-18-12-8-13-19-24)25-20-14-9-15-21-25/h5-21,26-27,31H,1-2,22H2,3-4H3/t26-,27?,29+/m0/s1. The first kappa shape index (κ1) is 24.1. The minimum Gasteiger partial charge on any atom is -0.381 e. The first-order chi connectivity index (χ1) is 16.3. The van der Waals surface area contributed by atoms with E-state index in [1.165, 1.54) is 6.08 Å². The van der Waals surface area contributed by atoms with E-state index in [4.69, 9.17) is 14.2 Å². The van der Waals surface area contributed by atoms with Gasteiger partial charge in [0.1, 0.15) is 23.4 Å². The first-order valence-electron chi connectivity index (χ1n) is 11.5.